The first-order valence-electron chi connectivity index (χ1n) is 8.81. The molecule has 2 amide bonds. The molecule has 1 saturated heterocycles. The Kier molecular flexibility index (Phi) is 6.99. The number of terminal acetylenes is 1. The van der Waals surface area contributed by atoms with Gasteiger partial charge in [-0.2, -0.15) is 4.31 Å². The molecule has 0 spiro atoms. The number of hydrogen-bond acceptors (Lipinski definition) is 4. The van der Waals surface area contributed by atoms with E-state index in [4.69, 9.17) is 6.42 Å². The van der Waals surface area contributed by atoms with Crippen LogP contribution in [-0.4, -0.2) is 50.7 Å². The molecule has 0 atom stereocenters. The van der Waals surface area contributed by atoms with Crippen molar-refractivity contribution >= 4 is 21.8 Å². The van der Waals surface area contributed by atoms with E-state index in [0.717, 1.165) is 5.56 Å². The zero-order chi connectivity index (χ0) is 20.0. The Labute approximate surface area is 160 Å². The first-order valence-corrected chi connectivity index (χ1v) is 10.2. The average molecular weight is 391 g/mol. The molecule has 0 saturated carbocycles. The highest BCUT2D eigenvalue weighted by Gasteiger charge is 2.32. The third-order valence-electron chi connectivity index (χ3n) is 4.58. The van der Waals surface area contributed by atoms with Gasteiger partial charge in [0.25, 0.3) is 0 Å². The molecular weight excluding hydrogens is 366 g/mol. The van der Waals surface area contributed by atoms with Crippen molar-refractivity contribution in [2.24, 2.45) is 5.92 Å². The normalized spacial score (nSPS) is 15.7. The number of rotatable bonds is 6. The predicted molar refractivity (Wildman–Crippen MR) is 102 cm³/mol. The lowest BCUT2D eigenvalue weighted by Gasteiger charge is -2.31. The third kappa shape index (κ3) is 5.31. The minimum atomic E-state index is -3.58. The molecule has 1 heterocycles. The van der Waals surface area contributed by atoms with Crippen molar-refractivity contribution in [3.63, 3.8) is 0 Å². The first kappa shape index (κ1) is 20.9. The summed E-state index contributed by atoms with van der Waals surface area (Å²) >= 11 is 0. The topological polar surface area (TPSA) is 95.6 Å². The number of aryl methyl sites for hydroxylation is 2. The van der Waals surface area contributed by atoms with Gasteiger partial charge in [-0.1, -0.05) is 23.6 Å². The molecule has 0 aliphatic carbocycles. The van der Waals surface area contributed by atoms with Gasteiger partial charge in [-0.05, 0) is 38.3 Å². The maximum Gasteiger partial charge on any atom is 0.243 e. The van der Waals surface area contributed by atoms with Crippen LogP contribution in [0, 0.1) is 32.1 Å². The minimum absolute atomic E-state index is 0.114. The fourth-order valence-corrected chi connectivity index (χ4v) is 4.79. The maximum atomic E-state index is 12.9. The van der Waals surface area contributed by atoms with Gasteiger partial charge in [0.1, 0.15) is 0 Å². The quantitative estimate of drug-likeness (QED) is 0.693. The molecule has 1 aromatic carbocycles. The van der Waals surface area contributed by atoms with Crippen LogP contribution in [-0.2, 0) is 19.6 Å². The number of nitrogens with zero attached hydrogens (tertiary/aromatic N) is 1. The molecule has 1 aliphatic heterocycles. The predicted octanol–water partition coefficient (Wildman–Crippen LogP) is 0.570. The molecule has 146 valence electrons. The summed E-state index contributed by atoms with van der Waals surface area (Å²) in [6, 6.07) is 5.26. The Morgan fingerprint density at radius 3 is 2.48 bits per heavy atom. The Balaban J connectivity index is 1.91. The molecule has 2 N–H and O–H groups in total. The Morgan fingerprint density at radius 1 is 1.22 bits per heavy atom. The molecule has 0 radical (unpaired) electrons. The molecule has 1 fully saturated rings. The number of hydrogen-bond donors (Lipinski definition) is 2. The maximum absolute atomic E-state index is 12.9. The zero-order valence-electron chi connectivity index (χ0n) is 15.6. The molecule has 1 aliphatic rings. The van der Waals surface area contributed by atoms with E-state index in [9.17, 15) is 18.0 Å². The summed E-state index contributed by atoms with van der Waals surface area (Å²) in [5.74, 6) is 1.38. The van der Waals surface area contributed by atoms with Crippen molar-refractivity contribution in [3.05, 3.63) is 29.3 Å². The van der Waals surface area contributed by atoms with Crippen LogP contribution in [0.15, 0.2) is 23.1 Å². The number of nitrogens with one attached hydrogen (secondary N) is 2. The van der Waals surface area contributed by atoms with Crippen LogP contribution in [0.1, 0.15) is 24.0 Å². The highest BCUT2D eigenvalue weighted by molar-refractivity contribution is 7.89. The average Bonchev–Trinajstić information content (AvgIpc) is 2.64. The Morgan fingerprint density at radius 2 is 1.89 bits per heavy atom. The van der Waals surface area contributed by atoms with Crippen molar-refractivity contribution in [2.45, 2.75) is 31.6 Å². The summed E-state index contributed by atoms with van der Waals surface area (Å²) in [5, 5.41) is 5.04. The van der Waals surface area contributed by atoms with Gasteiger partial charge in [-0.15, -0.1) is 6.42 Å². The minimum Gasteiger partial charge on any atom is -0.347 e. The van der Waals surface area contributed by atoms with Gasteiger partial charge in [-0.25, -0.2) is 8.42 Å². The molecule has 8 heteroatoms. The van der Waals surface area contributed by atoms with Gasteiger partial charge in [0.05, 0.1) is 18.0 Å². The molecule has 0 unspecified atom stereocenters. The van der Waals surface area contributed by atoms with Gasteiger partial charge in [0.15, 0.2) is 0 Å². The molecule has 2 rings (SSSR count). The summed E-state index contributed by atoms with van der Waals surface area (Å²) in [6.45, 7) is 4.23. The SMILES string of the molecule is C#CCNC(=O)CNC(=O)C1CCN(S(=O)(=O)c2ccc(C)cc2C)CC1. The number of carbonyl (C=O) groups is 2. The van der Waals surface area contributed by atoms with E-state index in [1.807, 2.05) is 13.0 Å². The molecular formula is C19H25N3O4S. The number of piperidine rings is 1. The monoisotopic (exact) mass is 391 g/mol. The number of sulfonamides is 1. The summed E-state index contributed by atoms with van der Waals surface area (Å²) < 4.78 is 27.2. The highest BCUT2D eigenvalue weighted by atomic mass is 32.2. The van der Waals surface area contributed by atoms with Crippen molar-refractivity contribution in [3.8, 4) is 12.3 Å². The molecule has 27 heavy (non-hydrogen) atoms. The van der Waals surface area contributed by atoms with E-state index in [1.165, 1.54) is 4.31 Å². The molecule has 7 nitrogen and oxygen atoms in total. The second kappa shape index (κ2) is 9.02. The van der Waals surface area contributed by atoms with E-state index in [2.05, 4.69) is 16.6 Å². The standard InChI is InChI=1S/C19H25N3O4S/c1-4-9-20-18(23)13-21-19(24)16-7-10-22(11-8-16)27(25,26)17-6-5-14(2)12-15(17)3/h1,5-6,12,16H,7-11,13H2,2-3H3,(H,20,23)(H,21,24). The van der Waals surface area contributed by atoms with Gasteiger partial charge in [-0.3, -0.25) is 9.59 Å². The van der Waals surface area contributed by atoms with E-state index >= 15 is 0 Å². The van der Waals surface area contributed by atoms with Crippen molar-refractivity contribution < 1.29 is 18.0 Å². The fourth-order valence-electron chi connectivity index (χ4n) is 3.11. The van der Waals surface area contributed by atoms with Crippen LogP contribution in [0.3, 0.4) is 0 Å². The molecule has 1 aromatic rings. The Hall–Kier alpha value is -2.37. The van der Waals surface area contributed by atoms with E-state index in [-0.39, 0.29) is 43.9 Å². The second-order valence-corrected chi connectivity index (χ2v) is 8.55. The first-order chi connectivity index (χ1) is 12.8. The smallest absolute Gasteiger partial charge is 0.243 e. The summed E-state index contributed by atoms with van der Waals surface area (Å²) in [4.78, 5) is 24.0. The fraction of sp³-hybridized carbons (Fsp3) is 0.474. The van der Waals surface area contributed by atoms with Crippen LogP contribution in [0.5, 0.6) is 0 Å². The van der Waals surface area contributed by atoms with Crippen LogP contribution in [0.2, 0.25) is 0 Å². The van der Waals surface area contributed by atoms with Crippen LogP contribution in [0.25, 0.3) is 0 Å². The zero-order valence-corrected chi connectivity index (χ0v) is 16.4. The largest absolute Gasteiger partial charge is 0.347 e. The van der Waals surface area contributed by atoms with Gasteiger partial charge < -0.3 is 10.6 Å². The lowest BCUT2D eigenvalue weighted by Crippen LogP contribution is -2.45. The second-order valence-electron chi connectivity index (χ2n) is 6.65. The van der Waals surface area contributed by atoms with Gasteiger partial charge in [0.2, 0.25) is 21.8 Å². The summed E-state index contributed by atoms with van der Waals surface area (Å²) in [7, 11) is -3.58. The van der Waals surface area contributed by atoms with E-state index < -0.39 is 10.0 Å². The van der Waals surface area contributed by atoms with Crippen LogP contribution < -0.4 is 10.6 Å². The lowest BCUT2D eigenvalue weighted by molar-refractivity contribution is -0.129. The summed E-state index contributed by atoms with van der Waals surface area (Å²) in [5.41, 5.74) is 1.72. The van der Waals surface area contributed by atoms with Crippen LogP contribution in [0.4, 0.5) is 0 Å². The van der Waals surface area contributed by atoms with E-state index in [0.29, 0.717) is 23.3 Å². The van der Waals surface area contributed by atoms with Crippen molar-refractivity contribution in [2.75, 3.05) is 26.2 Å². The van der Waals surface area contributed by atoms with Gasteiger partial charge in [0, 0.05) is 19.0 Å². The lowest BCUT2D eigenvalue weighted by atomic mass is 9.97. The van der Waals surface area contributed by atoms with Gasteiger partial charge >= 0.3 is 0 Å². The summed E-state index contributed by atoms with van der Waals surface area (Å²) in [6.07, 6.45) is 5.89. The number of carbonyl (C=O) groups excluding carboxylic acids is 2. The number of benzene rings is 1. The van der Waals surface area contributed by atoms with Crippen molar-refractivity contribution in [1.29, 1.82) is 0 Å². The number of amides is 2. The molecule has 0 bridgehead atoms. The highest BCUT2D eigenvalue weighted by Crippen LogP contribution is 2.26. The van der Waals surface area contributed by atoms with E-state index in [1.54, 1.807) is 19.1 Å². The molecule has 0 aromatic heterocycles. The van der Waals surface area contributed by atoms with Crippen molar-refractivity contribution in [1.82, 2.24) is 14.9 Å². The third-order valence-corrected chi connectivity index (χ3v) is 6.64. The van der Waals surface area contributed by atoms with Crippen LogP contribution >= 0.6 is 0 Å². The Bertz CT molecular complexity index is 850.